The molecule has 4 nitrogen and oxygen atoms in total. The molecule has 2 aromatic carbocycles. The highest BCUT2D eigenvalue weighted by atomic mass is 16.7. The zero-order valence-electron chi connectivity index (χ0n) is 13.8. The summed E-state index contributed by atoms with van der Waals surface area (Å²) in [5, 5.41) is 0. The molecular weight excluding hydrogens is 304 g/mol. The molecule has 0 unspecified atom stereocenters. The van der Waals surface area contributed by atoms with E-state index in [1.807, 2.05) is 42.5 Å². The molecular formula is C20H22O4. The fourth-order valence-electron chi connectivity index (χ4n) is 3.08. The van der Waals surface area contributed by atoms with E-state index in [-0.39, 0.29) is 24.6 Å². The van der Waals surface area contributed by atoms with Crippen molar-refractivity contribution in [1.29, 1.82) is 0 Å². The summed E-state index contributed by atoms with van der Waals surface area (Å²) < 4.78 is 15.6. The van der Waals surface area contributed by atoms with Gasteiger partial charge >= 0.3 is 5.97 Å². The molecule has 0 aliphatic carbocycles. The zero-order valence-corrected chi connectivity index (χ0v) is 13.8. The standard InChI is InChI=1S/C20H22O4/c1-22-14-24-18-9-7-16(8-10-18)12-19-17(13-23-20(19)21)11-15-5-3-2-4-6-15/h2-10,17,19H,11-14H2,1H3/t17-,19+/m0/s1. The average molecular weight is 326 g/mol. The summed E-state index contributed by atoms with van der Waals surface area (Å²) >= 11 is 0. The molecule has 2 aromatic rings. The number of methoxy groups -OCH3 is 1. The van der Waals surface area contributed by atoms with Crippen LogP contribution in [0.25, 0.3) is 0 Å². The Bertz CT molecular complexity index is 651. The normalized spacial score (nSPS) is 20.0. The molecule has 1 heterocycles. The van der Waals surface area contributed by atoms with Gasteiger partial charge in [0.15, 0.2) is 6.79 Å². The number of carbonyl (C=O) groups is 1. The van der Waals surface area contributed by atoms with Crippen LogP contribution in [0.5, 0.6) is 5.75 Å². The van der Waals surface area contributed by atoms with Crippen LogP contribution in [0.2, 0.25) is 0 Å². The molecule has 0 amide bonds. The van der Waals surface area contributed by atoms with Gasteiger partial charge in [-0.1, -0.05) is 42.5 Å². The maximum absolute atomic E-state index is 12.1. The minimum atomic E-state index is -0.0874. The molecule has 1 saturated heterocycles. The van der Waals surface area contributed by atoms with E-state index in [0.29, 0.717) is 13.0 Å². The Labute approximate surface area is 142 Å². The minimum absolute atomic E-state index is 0.0871. The number of hydrogen-bond acceptors (Lipinski definition) is 4. The molecule has 1 aliphatic heterocycles. The molecule has 0 spiro atoms. The molecule has 0 saturated carbocycles. The number of benzene rings is 2. The molecule has 0 aromatic heterocycles. The van der Waals surface area contributed by atoms with Gasteiger partial charge in [0.1, 0.15) is 5.75 Å². The summed E-state index contributed by atoms with van der Waals surface area (Å²) in [5.74, 6) is 0.811. The van der Waals surface area contributed by atoms with Crippen LogP contribution in [0.1, 0.15) is 11.1 Å². The van der Waals surface area contributed by atoms with Gasteiger partial charge in [-0.25, -0.2) is 0 Å². The summed E-state index contributed by atoms with van der Waals surface area (Å²) in [6.45, 7) is 0.737. The quantitative estimate of drug-likeness (QED) is 0.579. The third-order valence-corrected chi connectivity index (χ3v) is 4.37. The van der Waals surface area contributed by atoms with Gasteiger partial charge in [0, 0.05) is 13.0 Å². The fraction of sp³-hybridized carbons (Fsp3) is 0.350. The summed E-state index contributed by atoms with van der Waals surface area (Å²) in [6.07, 6.45) is 1.56. The lowest BCUT2D eigenvalue weighted by Crippen LogP contribution is -2.20. The van der Waals surface area contributed by atoms with Crippen molar-refractivity contribution >= 4 is 5.97 Å². The van der Waals surface area contributed by atoms with Gasteiger partial charge in [0.25, 0.3) is 0 Å². The van der Waals surface area contributed by atoms with Crippen LogP contribution in [-0.2, 0) is 27.1 Å². The van der Waals surface area contributed by atoms with Crippen molar-refractivity contribution in [1.82, 2.24) is 0 Å². The van der Waals surface area contributed by atoms with E-state index in [1.165, 1.54) is 5.56 Å². The molecule has 0 bridgehead atoms. The average Bonchev–Trinajstić information content (AvgIpc) is 2.95. The topological polar surface area (TPSA) is 44.8 Å². The van der Waals surface area contributed by atoms with E-state index < -0.39 is 0 Å². The zero-order chi connectivity index (χ0) is 16.8. The second kappa shape index (κ2) is 7.97. The maximum atomic E-state index is 12.1. The van der Waals surface area contributed by atoms with E-state index in [2.05, 4.69) is 12.1 Å². The summed E-state index contributed by atoms with van der Waals surface area (Å²) in [7, 11) is 1.59. The van der Waals surface area contributed by atoms with Gasteiger partial charge in [-0.15, -0.1) is 0 Å². The van der Waals surface area contributed by atoms with Crippen LogP contribution in [0.4, 0.5) is 0 Å². The molecule has 0 radical (unpaired) electrons. The number of rotatable bonds is 7. The van der Waals surface area contributed by atoms with Gasteiger partial charge < -0.3 is 14.2 Å². The van der Waals surface area contributed by atoms with E-state index in [9.17, 15) is 4.79 Å². The third kappa shape index (κ3) is 4.15. The lowest BCUT2D eigenvalue weighted by Gasteiger charge is -2.15. The number of cyclic esters (lactones) is 1. The molecule has 3 rings (SSSR count). The third-order valence-electron chi connectivity index (χ3n) is 4.37. The summed E-state index contributed by atoms with van der Waals surface area (Å²) in [6, 6.07) is 18.1. The van der Waals surface area contributed by atoms with Crippen molar-refractivity contribution in [3.05, 3.63) is 65.7 Å². The van der Waals surface area contributed by atoms with Crippen LogP contribution in [0.15, 0.2) is 54.6 Å². The van der Waals surface area contributed by atoms with Crippen LogP contribution in [-0.4, -0.2) is 26.5 Å². The SMILES string of the molecule is COCOc1ccc(C[C@H]2C(=O)OC[C@@H]2Cc2ccccc2)cc1. The first-order valence-corrected chi connectivity index (χ1v) is 8.17. The predicted molar refractivity (Wildman–Crippen MR) is 90.7 cm³/mol. The second-order valence-corrected chi connectivity index (χ2v) is 6.09. The summed E-state index contributed by atoms with van der Waals surface area (Å²) in [4.78, 5) is 12.1. The van der Waals surface area contributed by atoms with E-state index in [0.717, 1.165) is 17.7 Å². The number of ether oxygens (including phenoxy) is 3. The molecule has 24 heavy (non-hydrogen) atoms. The van der Waals surface area contributed by atoms with Crippen molar-refractivity contribution in [2.75, 3.05) is 20.5 Å². The number of hydrogen-bond donors (Lipinski definition) is 0. The van der Waals surface area contributed by atoms with Gasteiger partial charge in [-0.3, -0.25) is 4.79 Å². The minimum Gasteiger partial charge on any atom is -0.468 e. The van der Waals surface area contributed by atoms with E-state index >= 15 is 0 Å². The van der Waals surface area contributed by atoms with Crippen molar-refractivity contribution in [3.8, 4) is 5.75 Å². The molecule has 1 aliphatic rings. The summed E-state index contributed by atoms with van der Waals surface area (Å²) in [5.41, 5.74) is 2.36. The highest BCUT2D eigenvalue weighted by Gasteiger charge is 2.36. The van der Waals surface area contributed by atoms with E-state index in [4.69, 9.17) is 14.2 Å². The number of carbonyl (C=O) groups excluding carboxylic acids is 1. The molecule has 1 fully saturated rings. The maximum Gasteiger partial charge on any atom is 0.309 e. The Hall–Kier alpha value is -2.33. The highest BCUT2D eigenvalue weighted by Crippen LogP contribution is 2.29. The predicted octanol–water partition coefficient (Wildman–Crippen LogP) is 3.24. The van der Waals surface area contributed by atoms with Crippen molar-refractivity contribution < 1.29 is 19.0 Å². The van der Waals surface area contributed by atoms with E-state index in [1.54, 1.807) is 7.11 Å². The first-order chi connectivity index (χ1) is 11.8. The Morgan fingerprint density at radius 2 is 1.71 bits per heavy atom. The van der Waals surface area contributed by atoms with Crippen LogP contribution in [0, 0.1) is 11.8 Å². The van der Waals surface area contributed by atoms with Gasteiger partial charge in [-0.2, -0.15) is 0 Å². The molecule has 0 N–H and O–H groups in total. The number of esters is 1. The lowest BCUT2D eigenvalue weighted by atomic mass is 9.85. The van der Waals surface area contributed by atoms with Gasteiger partial charge in [0.05, 0.1) is 12.5 Å². The first-order valence-electron chi connectivity index (χ1n) is 8.17. The second-order valence-electron chi connectivity index (χ2n) is 6.09. The lowest BCUT2D eigenvalue weighted by molar-refractivity contribution is -0.141. The first kappa shape index (κ1) is 16.5. The van der Waals surface area contributed by atoms with Crippen molar-refractivity contribution in [2.24, 2.45) is 11.8 Å². The van der Waals surface area contributed by atoms with Gasteiger partial charge in [0.2, 0.25) is 0 Å². The fourth-order valence-corrected chi connectivity index (χ4v) is 3.08. The van der Waals surface area contributed by atoms with Gasteiger partial charge in [-0.05, 0) is 36.1 Å². The Morgan fingerprint density at radius 1 is 1.00 bits per heavy atom. The van der Waals surface area contributed by atoms with Crippen molar-refractivity contribution in [2.45, 2.75) is 12.8 Å². The van der Waals surface area contributed by atoms with Crippen LogP contribution >= 0.6 is 0 Å². The monoisotopic (exact) mass is 326 g/mol. The Morgan fingerprint density at radius 3 is 2.42 bits per heavy atom. The molecule has 2 atom stereocenters. The molecule has 4 heteroatoms. The van der Waals surface area contributed by atoms with Crippen LogP contribution in [0.3, 0.4) is 0 Å². The van der Waals surface area contributed by atoms with Crippen LogP contribution < -0.4 is 4.74 Å². The smallest absolute Gasteiger partial charge is 0.309 e. The Balaban J connectivity index is 1.64. The Kier molecular flexibility index (Phi) is 5.49. The van der Waals surface area contributed by atoms with Crippen molar-refractivity contribution in [3.63, 3.8) is 0 Å². The largest absolute Gasteiger partial charge is 0.468 e. The highest BCUT2D eigenvalue weighted by molar-refractivity contribution is 5.75. The molecule has 126 valence electrons.